The molecule has 3 aromatic rings. The van der Waals surface area contributed by atoms with E-state index in [1.165, 1.54) is 17.8 Å². The van der Waals surface area contributed by atoms with Crippen molar-refractivity contribution < 1.29 is 28.5 Å². The fraction of sp³-hybridized carbons (Fsp3) is 0.355. The first-order valence-corrected chi connectivity index (χ1v) is 15.6. The number of nitrogens with one attached hydrogen (secondary N) is 1. The number of morpholine rings is 1. The Morgan fingerprint density at radius 1 is 1.18 bits per heavy atom. The first-order chi connectivity index (χ1) is 21.4. The Labute approximate surface area is 265 Å². The zero-order chi connectivity index (χ0) is 31.1. The molecule has 5 rings (SSSR count). The molecular formula is C31H34ClN5O6S. The summed E-state index contributed by atoms with van der Waals surface area (Å²) in [7, 11) is 0. The van der Waals surface area contributed by atoms with Crippen LogP contribution in [0.1, 0.15) is 31.0 Å². The molecule has 1 atom stereocenters. The van der Waals surface area contributed by atoms with Crippen LogP contribution in [0.5, 0.6) is 11.5 Å². The number of carbonyl (C=O) groups excluding carboxylic acids is 2. The average molecular weight is 640 g/mol. The van der Waals surface area contributed by atoms with E-state index in [9.17, 15) is 9.59 Å². The third-order valence-electron chi connectivity index (χ3n) is 7.00. The molecule has 0 saturated carbocycles. The number of hydrogen-bond donors (Lipinski definition) is 1. The number of amides is 1. The van der Waals surface area contributed by atoms with Gasteiger partial charge in [0.2, 0.25) is 11.1 Å². The highest BCUT2D eigenvalue weighted by Crippen LogP contribution is 2.40. The summed E-state index contributed by atoms with van der Waals surface area (Å²) in [6.07, 6.45) is 1.51. The summed E-state index contributed by atoms with van der Waals surface area (Å²) in [5.74, 6) is 1.25. The predicted octanol–water partition coefficient (Wildman–Crippen LogP) is 4.88. The number of benzene rings is 2. The second kappa shape index (κ2) is 14.7. The van der Waals surface area contributed by atoms with Crippen LogP contribution in [0.15, 0.2) is 71.5 Å². The maximum absolute atomic E-state index is 13.4. The fourth-order valence-electron chi connectivity index (χ4n) is 4.86. The van der Waals surface area contributed by atoms with Gasteiger partial charge < -0.3 is 29.2 Å². The highest BCUT2D eigenvalue weighted by molar-refractivity contribution is 7.98. The van der Waals surface area contributed by atoms with Crippen molar-refractivity contribution in [1.29, 1.82) is 0 Å². The molecule has 3 heterocycles. The molecule has 2 aliphatic rings. The van der Waals surface area contributed by atoms with Gasteiger partial charge in [-0.3, -0.25) is 4.79 Å². The Kier molecular flexibility index (Phi) is 10.5. The van der Waals surface area contributed by atoms with Crippen molar-refractivity contribution >= 4 is 41.2 Å². The van der Waals surface area contributed by atoms with Crippen molar-refractivity contribution in [3.63, 3.8) is 0 Å². The third-order valence-corrected chi connectivity index (χ3v) is 8.25. The largest absolute Gasteiger partial charge is 0.490 e. The SMILES string of the molecule is C=CCOC(=O)C1=C(C)Nc2nc(SCc3ccccc3Cl)nn2C1c1ccc(OCC(=O)N2CCOCC2)c(OCC)c1. The number of fused-ring (bicyclic) bond motifs is 1. The van der Waals surface area contributed by atoms with E-state index in [-0.39, 0.29) is 19.1 Å². The lowest BCUT2D eigenvalue weighted by atomic mass is 9.95. The maximum atomic E-state index is 13.4. The van der Waals surface area contributed by atoms with Gasteiger partial charge in [0.25, 0.3) is 5.91 Å². The van der Waals surface area contributed by atoms with Crippen molar-refractivity contribution in [2.75, 3.05) is 51.4 Å². The standard InChI is InChI=1S/C31H34ClN5O6S/c1-4-14-42-29(39)27-20(3)33-30-34-31(44-19-22-8-6-7-9-23(22)32)35-37(30)28(27)21-10-11-24(25(17-21)41-5-2)43-18-26(38)36-12-15-40-16-13-36/h4,6-11,17,28H,1,5,12-16,18-19H2,2-3H3,(H,33,34,35). The zero-order valence-electron chi connectivity index (χ0n) is 24.6. The summed E-state index contributed by atoms with van der Waals surface area (Å²) in [6, 6.07) is 12.3. The zero-order valence-corrected chi connectivity index (χ0v) is 26.2. The molecule has 1 aromatic heterocycles. The highest BCUT2D eigenvalue weighted by Gasteiger charge is 2.36. The summed E-state index contributed by atoms with van der Waals surface area (Å²) >= 11 is 7.79. The third kappa shape index (κ3) is 7.20. The van der Waals surface area contributed by atoms with E-state index in [0.29, 0.717) is 83.1 Å². The molecule has 0 bridgehead atoms. The molecule has 0 radical (unpaired) electrons. The van der Waals surface area contributed by atoms with Crippen LogP contribution in [-0.4, -0.2) is 77.7 Å². The minimum atomic E-state index is -0.686. The Balaban J connectivity index is 1.45. The Bertz CT molecular complexity index is 1550. The minimum Gasteiger partial charge on any atom is -0.490 e. The van der Waals surface area contributed by atoms with Gasteiger partial charge >= 0.3 is 5.97 Å². The van der Waals surface area contributed by atoms with E-state index in [0.717, 1.165) is 5.56 Å². The summed E-state index contributed by atoms with van der Waals surface area (Å²) in [6.45, 7) is 9.68. The molecule has 1 saturated heterocycles. The van der Waals surface area contributed by atoms with Gasteiger partial charge in [-0.05, 0) is 43.2 Å². The number of aromatic nitrogens is 3. The van der Waals surface area contributed by atoms with Crippen LogP contribution in [0.2, 0.25) is 5.02 Å². The van der Waals surface area contributed by atoms with Crippen molar-refractivity contribution in [2.45, 2.75) is 30.8 Å². The lowest BCUT2D eigenvalue weighted by molar-refractivity contribution is -0.138. The van der Waals surface area contributed by atoms with Crippen molar-refractivity contribution in [2.24, 2.45) is 0 Å². The molecule has 0 spiro atoms. The van der Waals surface area contributed by atoms with Crippen molar-refractivity contribution in [3.8, 4) is 11.5 Å². The molecule has 1 fully saturated rings. The van der Waals surface area contributed by atoms with Gasteiger partial charge in [-0.1, -0.05) is 60.3 Å². The molecule has 232 valence electrons. The van der Waals surface area contributed by atoms with E-state index < -0.39 is 12.0 Å². The lowest BCUT2D eigenvalue weighted by Gasteiger charge is -2.28. The summed E-state index contributed by atoms with van der Waals surface area (Å²) < 4.78 is 24.3. The molecule has 2 aromatic carbocycles. The fourth-order valence-corrected chi connectivity index (χ4v) is 5.98. The molecule has 1 amide bonds. The number of thioether (sulfide) groups is 1. The minimum absolute atomic E-state index is 0.0552. The second-order valence-electron chi connectivity index (χ2n) is 9.92. The molecule has 2 aliphatic heterocycles. The van der Waals surface area contributed by atoms with Gasteiger partial charge in [0.1, 0.15) is 12.6 Å². The van der Waals surface area contributed by atoms with Crippen LogP contribution in [0, 0.1) is 0 Å². The van der Waals surface area contributed by atoms with E-state index in [1.807, 2.05) is 37.3 Å². The average Bonchev–Trinajstić information content (AvgIpc) is 3.44. The molecule has 44 heavy (non-hydrogen) atoms. The quantitative estimate of drug-likeness (QED) is 0.167. The van der Waals surface area contributed by atoms with Gasteiger partial charge in [0.05, 0.1) is 25.4 Å². The van der Waals surface area contributed by atoms with Gasteiger partial charge in [-0.15, -0.1) is 5.10 Å². The van der Waals surface area contributed by atoms with Gasteiger partial charge in [0, 0.05) is 29.6 Å². The number of nitrogens with zero attached hydrogens (tertiary/aromatic N) is 4. The number of allylic oxidation sites excluding steroid dienone is 1. The molecule has 11 nitrogen and oxygen atoms in total. The lowest BCUT2D eigenvalue weighted by Crippen LogP contribution is -2.43. The van der Waals surface area contributed by atoms with Gasteiger partial charge in [-0.2, -0.15) is 4.98 Å². The summed E-state index contributed by atoms with van der Waals surface area (Å²) in [5.41, 5.74) is 2.61. The summed E-state index contributed by atoms with van der Waals surface area (Å²) in [5, 5.41) is 9.17. The second-order valence-corrected chi connectivity index (χ2v) is 11.3. The van der Waals surface area contributed by atoms with Crippen LogP contribution < -0.4 is 14.8 Å². The van der Waals surface area contributed by atoms with E-state index in [1.54, 1.807) is 28.6 Å². The summed E-state index contributed by atoms with van der Waals surface area (Å²) in [4.78, 5) is 32.5. The monoisotopic (exact) mass is 639 g/mol. The Morgan fingerprint density at radius 3 is 2.73 bits per heavy atom. The predicted molar refractivity (Wildman–Crippen MR) is 167 cm³/mol. The number of anilines is 1. The molecule has 1 unspecified atom stereocenters. The van der Waals surface area contributed by atoms with Gasteiger partial charge in [-0.25, -0.2) is 9.48 Å². The Morgan fingerprint density at radius 2 is 1.98 bits per heavy atom. The molecule has 0 aliphatic carbocycles. The number of rotatable bonds is 12. The van der Waals surface area contributed by atoms with Crippen LogP contribution in [0.4, 0.5) is 5.95 Å². The van der Waals surface area contributed by atoms with E-state index >= 15 is 0 Å². The molecular weight excluding hydrogens is 606 g/mol. The number of ether oxygens (including phenoxy) is 4. The number of carbonyl (C=O) groups is 2. The molecule has 13 heteroatoms. The van der Waals surface area contributed by atoms with Crippen LogP contribution in [0.3, 0.4) is 0 Å². The van der Waals surface area contributed by atoms with Crippen LogP contribution >= 0.6 is 23.4 Å². The van der Waals surface area contributed by atoms with E-state index in [2.05, 4.69) is 11.9 Å². The number of halogens is 1. The maximum Gasteiger partial charge on any atom is 0.338 e. The van der Waals surface area contributed by atoms with Crippen molar-refractivity contribution in [3.05, 3.63) is 82.5 Å². The van der Waals surface area contributed by atoms with Crippen LogP contribution in [-0.2, 0) is 24.8 Å². The first-order valence-electron chi connectivity index (χ1n) is 14.2. The Hall–Kier alpha value is -4.00. The van der Waals surface area contributed by atoms with Crippen molar-refractivity contribution in [1.82, 2.24) is 19.7 Å². The normalized spacial score (nSPS) is 16.2. The smallest absolute Gasteiger partial charge is 0.338 e. The topological polar surface area (TPSA) is 117 Å². The highest BCUT2D eigenvalue weighted by atomic mass is 35.5. The van der Waals surface area contributed by atoms with Crippen LogP contribution in [0.25, 0.3) is 0 Å². The number of hydrogen-bond acceptors (Lipinski definition) is 10. The molecule has 1 N–H and O–H groups in total. The first kappa shape index (κ1) is 31.4. The van der Waals surface area contributed by atoms with Gasteiger partial charge in [0.15, 0.2) is 18.1 Å². The number of esters is 1. The van der Waals surface area contributed by atoms with E-state index in [4.69, 9.17) is 40.6 Å².